The summed E-state index contributed by atoms with van der Waals surface area (Å²) in [5, 5.41) is 25.5. The highest BCUT2D eigenvalue weighted by atomic mass is 32.1. The highest BCUT2D eigenvalue weighted by molar-refractivity contribution is 7.15. The van der Waals surface area contributed by atoms with Crippen LogP contribution in [0.1, 0.15) is 105 Å². The molecule has 0 radical (unpaired) electrons. The number of hydrogen-bond donors (Lipinski definition) is 0. The van der Waals surface area contributed by atoms with Gasteiger partial charge >= 0.3 is 0 Å². The normalized spacial score (nSPS) is 10.8. The van der Waals surface area contributed by atoms with Gasteiger partial charge in [0.2, 0.25) is 0 Å². The third-order valence-corrected chi connectivity index (χ3v) is 13.4. The van der Waals surface area contributed by atoms with E-state index < -0.39 is 0 Å². The molecule has 4 heterocycles. The van der Waals surface area contributed by atoms with E-state index in [1.165, 1.54) is 37.1 Å². The highest BCUT2D eigenvalue weighted by Crippen LogP contribution is 2.31. The summed E-state index contributed by atoms with van der Waals surface area (Å²) in [6.45, 7) is 19.3. The third-order valence-electron chi connectivity index (χ3n) is 8.32. The van der Waals surface area contributed by atoms with Gasteiger partial charge in [0.1, 0.15) is 20.0 Å². The monoisotopic (exact) mass is 828 g/mol. The van der Waals surface area contributed by atoms with Crippen molar-refractivity contribution >= 4 is 45.3 Å². The van der Waals surface area contributed by atoms with Gasteiger partial charge in [0.15, 0.2) is 0 Å². The Morgan fingerprint density at radius 2 is 0.912 bits per heavy atom. The van der Waals surface area contributed by atoms with Crippen LogP contribution in [0.4, 0.5) is 0 Å². The molecule has 0 fully saturated rings. The van der Waals surface area contributed by atoms with Crippen molar-refractivity contribution in [1.29, 1.82) is 0 Å². The van der Waals surface area contributed by atoms with Gasteiger partial charge in [-0.2, -0.15) is 0 Å². The topological polar surface area (TPSA) is 77.3 Å². The van der Waals surface area contributed by atoms with Gasteiger partial charge in [0.05, 0.1) is 20.6 Å². The second-order valence-electron chi connectivity index (χ2n) is 14.6. The molecular weight excluding hydrogens is 777 g/mol. The summed E-state index contributed by atoms with van der Waals surface area (Å²) >= 11 is 6.88. The maximum atomic E-state index is 4.60. The summed E-state index contributed by atoms with van der Waals surface area (Å²) in [6.07, 6.45) is 1.97. The van der Waals surface area contributed by atoms with E-state index in [2.05, 4.69) is 171 Å². The SMILES string of the molecule is CC(C)c1nc(-c2ccccc2)cs1.CC(C)c1ncc(-c2ccccc2)s1.CC(C)c1nnc(-c2ccccc2)s1.Cc1cccc(-c2nnc(C(C)C)s2)c1. The van der Waals surface area contributed by atoms with Crippen molar-refractivity contribution in [2.45, 2.75) is 86.0 Å². The van der Waals surface area contributed by atoms with E-state index in [1.807, 2.05) is 48.7 Å². The molecule has 6 nitrogen and oxygen atoms in total. The number of nitrogens with zero attached hydrogens (tertiary/aromatic N) is 6. The van der Waals surface area contributed by atoms with Crippen molar-refractivity contribution < 1.29 is 0 Å². The van der Waals surface area contributed by atoms with Gasteiger partial charge in [-0.3, -0.25) is 0 Å². The van der Waals surface area contributed by atoms with Crippen LogP contribution in [-0.4, -0.2) is 30.4 Å². The predicted octanol–water partition coefficient (Wildman–Crippen LogP) is 14.8. The summed E-state index contributed by atoms with van der Waals surface area (Å²) < 4.78 is 0. The van der Waals surface area contributed by atoms with E-state index in [-0.39, 0.29) is 0 Å². The van der Waals surface area contributed by atoms with Crippen LogP contribution < -0.4 is 0 Å². The van der Waals surface area contributed by atoms with Crippen LogP contribution >= 0.6 is 45.3 Å². The maximum Gasteiger partial charge on any atom is 0.147 e. The van der Waals surface area contributed by atoms with Crippen molar-refractivity contribution in [2.24, 2.45) is 0 Å². The first kappa shape index (κ1) is 43.4. The predicted molar refractivity (Wildman–Crippen MR) is 247 cm³/mol. The lowest BCUT2D eigenvalue weighted by Gasteiger charge is -1.97. The molecule has 4 aromatic carbocycles. The molecule has 8 rings (SSSR count). The largest absolute Gasteiger partial charge is 0.249 e. The lowest BCUT2D eigenvalue weighted by atomic mass is 10.1. The molecule has 10 heteroatoms. The molecule has 0 saturated heterocycles. The quantitative estimate of drug-likeness (QED) is 0.152. The van der Waals surface area contributed by atoms with E-state index >= 15 is 0 Å². The fraction of sp³-hybridized carbons (Fsp3) is 0.277. The fourth-order valence-corrected chi connectivity index (χ4v) is 8.58. The van der Waals surface area contributed by atoms with Crippen LogP contribution in [0.15, 0.2) is 127 Å². The molecule has 0 aliphatic heterocycles. The highest BCUT2D eigenvalue weighted by Gasteiger charge is 2.11. The van der Waals surface area contributed by atoms with Crippen LogP contribution in [0, 0.1) is 6.92 Å². The number of rotatable bonds is 8. The number of aromatic nitrogens is 6. The third kappa shape index (κ3) is 13.1. The molecule has 0 saturated carbocycles. The van der Waals surface area contributed by atoms with Gasteiger partial charge in [-0.15, -0.1) is 43.1 Å². The summed E-state index contributed by atoms with van der Waals surface area (Å²) in [7, 11) is 0. The first-order valence-electron chi connectivity index (χ1n) is 19.3. The Hall–Kier alpha value is -4.74. The minimum Gasteiger partial charge on any atom is -0.249 e. The lowest BCUT2D eigenvalue weighted by molar-refractivity contribution is 0.825. The van der Waals surface area contributed by atoms with Gasteiger partial charge in [-0.1, -0.05) is 193 Å². The second kappa shape index (κ2) is 21.7. The first-order chi connectivity index (χ1) is 27.5. The molecule has 4 aromatic heterocycles. The summed E-state index contributed by atoms with van der Waals surface area (Å²) in [5.41, 5.74) is 7.14. The summed E-state index contributed by atoms with van der Waals surface area (Å²) in [5.74, 6) is 1.97. The van der Waals surface area contributed by atoms with E-state index in [1.54, 1.807) is 45.3 Å². The Kier molecular flexibility index (Phi) is 16.5. The van der Waals surface area contributed by atoms with Crippen molar-refractivity contribution in [1.82, 2.24) is 30.4 Å². The Morgan fingerprint density at radius 1 is 0.439 bits per heavy atom. The number of benzene rings is 4. The van der Waals surface area contributed by atoms with Crippen molar-refractivity contribution in [2.75, 3.05) is 0 Å². The second-order valence-corrected chi connectivity index (χ2v) is 18.6. The van der Waals surface area contributed by atoms with Crippen LogP contribution in [-0.2, 0) is 0 Å². The first-order valence-corrected chi connectivity index (χ1v) is 22.6. The van der Waals surface area contributed by atoms with Gasteiger partial charge < -0.3 is 0 Å². The fourth-order valence-electron chi connectivity index (χ4n) is 5.11. The van der Waals surface area contributed by atoms with E-state index in [0.29, 0.717) is 23.7 Å². The standard InChI is InChI=1S/C12H14N2S.2C12H13NS.C11H12N2S/c1-8(2)11-13-14-12(15-11)10-6-4-5-9(3)7-10;1-9(2)12-13-11(8-14-12)10-6-4-3-5-7-10;1-9(2)12-13-8-11(14-12)10-6-4-3-5-7-10;1-8(2)10-12-13-11(14-10)9-6-4-3-5-7-9/h4-8H,1-3H3;2*3-9H,1-2H3;3-8H,1-2H3. The van der Waals surface area contributed by atoms with Crippen LogP contribution in [0.25, 0.3) is 42.8 Å². The van der Waals surface area contributed by atoms with Crippen molar-refractivity contribution in [3.63, 3.8) is 0 Å². The number of aryl methyl sites for hydroxylation is 1. The molecule has 8 aromatic rings. The zero-order valence-corrected chi connectivity index (χ0v) is 37.5. The minimum absolute atomic E-state index is 0.459. The van der Waals surface area contributed by atoms with Gasteiger partial charge in [-0.05, 0) is 18.6 Å². The zero-order chi connectivity index (χ0) is 40.7. The Balaban J connectivity index is 0.000000145. The molecule has 0 unspecified atom stereocenters. The average molecular weight is 829 g/mol. The molecule has 0 spiro atoms. The van der Waals surface area contributed by atoms with Crippen molar-refractivity contribution in [3.8, 4) is 42.8 Å². The van der Waals surface area contributed by atoms with E-state index in [9.17, 15) is 0 Å². The van der Waals surface area contributed by atoms with Crippen LogP contribution in [0.2, 0.25) is 0 Å². The summed E-state index contributed by atoms with van der Waals surface area (Å²) in [4.78, 5) is 10.3. The Morgan fingerprint density at radius 3 is 1.37 bits per heavy atom. The summed E-state index contributed by atoms with van der Waals surface area (Å²) in [6, 6.07) is 39.3. The zero-order valence-electron chi connectivity index (χ0n) is 34.3. The molecular formula is C47H52N6S4. The molecule has 0 N–H and O–H groups in total. The Bertz CT molecular complexity index is 2140. The van der Waals surface area contributed by atoms with Gasteiger partial charge in [0, 0.05) is 51.9 Å². The number of hydrogen-bond acceptors (Lipinski definition) is 10. The number of thiazole rings is 2. The van der Waals surface area contributed by atoms with Crippen LogP contribution in [0.5, 0.6) is 0 Å². The molecule has 0 atom stereocenters. The average Bonchev–Trinajstić information content (AvgIpc) is 4.07. The Labute approximate surface area is 354 Å². The van der Waals surface area contributed by atoms with Gasteiger partial charge in [0.25, 0.3) is 0 Å². The van der Waals surface area contributed by atoms with Crippen molar-refractivity contribution in [3.05, 3.63) is 152 Å². The molecule has 0 bridgehead atoms. The smallest absolute Gasteiger partial charge is 0.147 e. The molecule has 0 aliphatic rings. The van der Waals surface area contributed by atoms with E-state index in [4.69, 9.17) is 0 Å². The lowest BCUT2D eigenvalue weighted by Crippen LogP contribution is -1.85. The van der Waals surface area contributed by atoms with E-state index in [0.717, 1.165) is 31.3 Å². The molecule has 0 amide bonds. The molecule has 57 heavy (non-hydrogen) atoms. The maximum absolute atomic E-state index is 4.60. The van der Waals surface area contributed by atoms with Gasteiger partial charge in [-0.25, -0.2) is 9.97 Å². The van der Waals surface area contributed by atoms with Crippen LogP contribution in [0.3, 0.4) is 0 Å². The molecule has 294 valence electrons. The minimum atomic E-state index is 0.459. The molecule has 0 aliphatic carbocycles.